The van der Waals surface area contributed by atoms with Crippen LogP contribution in [0.25, 0.3) is 0 Å². The number of imide groups is 1. The van der Waals surface area contributed by atoms with Gasteiger partial charge in [0, 0.05) is 39.3 Å². The van der Waals surface area contributed by atoms with Gasteiger partial charge in [-0.15, -0.1) is 0 Å². The van der Waals surface area contributed by atoms with Crippen molar-refractivity contribution in [1.29, 1.82) is 0 Å². The van der Waals surface area contributed by atoms with Gasteiger partial charge in [-0.05, 0) is 18.1 Å². The lowest BCUT2D eigenvalue weighted by Gasteiger charge is -2.34. The maximum absolute atomic E-state index is 11.9. The molecule has 0 unspecified atom stereocenters. The lowest BCUT2D eigenvalue weighted by molar-refractivity contribution is -0.121. The SMILES string of the molecule is CC(C)CNC(=O)NC(=O)CN1CCN(CCOc2ccccc2Cl)CC1. The maximum atomic E-state index is 11.9. The van der Waals surface area contributed by atoms with Crippen molar-refractivity contribution in [2.45, 2.75) is 13.8 Å². The Morgan fingerprint density at radius 3 is 2.48 bits per heavy atom. The van der Waals surface area contributed by atoms with E-state index in [0.29, 0.717) is 29.8 Å². The molecule has 1 saturated heterocycles. The van der Waals surface area contributed by atoms with E-state index in [-0.39, 0.29) is 12.5 Å². The van der Waals surface area contributed by atoms with E-state index >= 15 is 0 Å². The Morgan fingerprint density at radius 1 is 1.15 bits per heavy atom. The molecule has 1 aliphatic rings. The third-order valence-electron chi connectivity index (χ3n) is 4.26. The van der Waals surface area contributed by atoms with E-state index in [2.05, 4.69) is 20.4 Å². The van der Waals surface area contributed by atoms with Crippen LogP contribution in [-0.2, 0) is 4.79 Å². The van der Waals surface area contributed by atoms with Crippen molar-refractivity contribution in [3.05, 3.63) is 29.3 Å². The summed E-state index contributed by atoms with van der Waals surface area (Å²) in [6.07, 6.45) is 0. The smallest absolute Gasteiger partial charge is 0.321 e. The largest absolute Gasteiger partial charge is 0.491 e. The minimum atomic E-state index is -0.427. The first-order valence-corrected chi connectivity index (χ1v) is 9.71. The molecule has 1 heterocycles. The Labute approximate surface area is 166 Å². The number of amides is 3. The zero-order valence-electron chi connectivity index (χ0n) is 16.0. The van der Waals surface area contributed by atoms with Crippen LogP contribution < -0.4 is 15.4 Å². The van der Waals surface area contributed by atoms with Gasteiger partial charge in [-0.25, -0.2) is 4.79 Å². The highest BCUT2D eigenvalue weighted by molar-refractivity contribution is 6.32. The molecular formula is C19H29ClN4O3. The van der Waals surface area contributed by atoms with Crippen LogP contribution >= 0.6 is 11.6 Å². The van der Waals surface area contributed by atoms with E-state index in [4.69, 9.17) is 16.3 Å². The monoisotopic (exact) mass is 396 g/mol. The molecular weight excluding hydrogens is 368 g/mol. The first-order valence-electron chi connectivity index (χ1n) is 9.33. The summed E-state index contributed by atoms with van der Waals surface area (Å²) in [5.74, 6) is 0.776. The molecule has 0 radical (unpaired) electrons. The van der Waals surface area contributed by atoms with E-state index < -0.39 is 6.03 Å². The van der Waals surface area contributed by atoms with Crippen LogP contribution in [0.15, 0.2) is 24.3 Å². The lowest BCUT2D eigenvalue weighted by Crippen LogP contribution is -2.51. The first-order chi connectivity index (χ1) is 12.9. The predicted octanol–water partition coefficient (Wildman–Crippen LogP) is 1.82. The highest BCUT2D eigenvalue weighted by atomic mass is 35.5. The Hall–Kier alpha value is -1.83. The fourth-order valence-corrected chi connectivity index (χ4v) is 2.92. The number of urea groups is 1. The fraction of sp³-hybridized carbons (Fsp3) is 0.579. The molecule has 0 bridgehead atoms. The van der Waals surface area contributed by atoms with Gasteiger partial charge in [0.2, 0.25) is 5.91 Å². The van der Waals surface area contributed by atoms with Crippen LogP contribution in [0.4, 0.5) is 4.79 Å². The van der Waals surface area contributed by atoms with Crippen molar-refractivity contribution in [3.8, 4) is 5.75 Å². The quantitative estimate of drug-likeness (QED) is 0.701. The van der Waals surface area contributed by atoms with E-state index in [9.17, 15) is 9.59 Å². The highest BCUT2D eigenvalue weighted by Crippen LogP contribution is 2.22. The molecule has 1 aromatic rings. The summed E-state index contributed by atoms with van der Waals surface area (Å²) < 4.78 is 5.72. The Morgan fingerprint density at radius 2 is 1.81 bits per heavy atom. The number of para-hydroxylation sites is 1. The molecule has 2 rings (SSSR count). The van der Waals surface area contributed by atoms with Gasteiger partial charge in [0.15, 0.2) is 0 Å². The molecule has 0 saturated carbocycles. The summed E-state index contributed by atoms with van der Waals surface area (Å²) in [4.78, 5) is 27.9. The van der Waals surface area contributed by atoms with E-state index in [1.807, 2.05) is 38.1 Å². The second-order valence-electron chi connectivity index (χ2n) is 7.05. The van der Waals surface area contributed by atoms with Gasteiger partial charge in [-0.3, -0.25) is 19.9 Å². The zero-order valence-corrected chi connectivity index (χ0v) is 16.8. The molecule has 0 aromatic heterocycles. The molecule has 27 heavy (non-hydrogen) atoms. The molecule has 7 nitrogen and oxygen atoms in total. The lowest BCUT2D eigenvalue weighted by atomic mass is 10.2. The number of rotatable bonds is 8. The van der Waals surface area contributed by atoms with E-state index in [1.54, 1.807) is 0 Å². The number of carbonyl (C=O) groups is 2. The van der Waals surface area contributed by atoms with Gasteiger partial charge in [-0.1, -0.05) is 37.6 Å². The molecule has 0 atom stereocenters. The van der Waals surface area contributed by atoms with Crippen LogP contribution in [0.3, 0.4) is 0 Å². The molecule has 1 fully saturated rings. The molecule has 1 aliphatic heterocycles. The summed E-state index contributed by atoms with van der Waals surface area (Å²) in [5.41, 5.74) is 0. The van der Waals surface area contributed by atoms with Crippen molar-refractivity contribution >= 4 is 23.5 Å². The number of halogens is 1. The fourth-order valence-electron chi connectivity index (χ4n) is 2.73. The van der Waals surface area contributed by atoms with Crippen LogP contribution in [0.1, 0.15) is 13.8 Å². The minimum Gasteiger partial charge on any atom is -0.491 e. The topological polar surface area (TPSA) is 73.9 Å². The molecule has 1 aromatic carbocycles. The van der Waals surface area contributed by atoms with Crippen molar-refractivity contribution in [2.75, 3.05) is 52.4 Å². The third-order valence-corrected chi connectivity index (χ3v) is 4.57. The van der Waals surface area contributed by atoms with E-state index in [0.717, 1.165) is 32.7 Å². The van der Waals surface area contributed by atoms with Gasteiger partial charge in [-0.2, -0.15) is 0 Å². The Kier molecular flexibility index (Phi) is 8.84. The minimum absolute atomic E-state index is 0.235. The van der Waals surface area contributed by atoms with Crippen LogP contribution in [0.5, 0.6) is 5.75 Å². The molecule has 8 heteroatoms. The number of nitrogens with one attached hydrogen (secondary N) is 2. The predicted molar refractivity (Wildman–Crippen MR) is 106 cm³/mol. The van der Waals surface area contributed by atoms with Crippen molar-refractivity contribution in [3.63, 3.8) is 0 Å². The zero-order chi connectivity index (χ0) is 19.6. The summed E-state index contributed by atoms with van der Waals surface area (Å²) in [7, 11) is 0. The van der Waals surface area contributed by atoms with Crippen LogP contribution in [0.2, 0.25) is 5.02 Å². The van der Waals surface area contributed by atoms with Gasteiger partial charge < -0.3 is 10.1 Å². The number of hydrogen-bond donors (Lipinski definition) is 2. The highest BCUT2D eigenvalue weighted by Gasteiger charge is 2.19. The summed E-state index contributed by atoms with van der Waals surface area (Å²) in [5, 5.41) is 5.67. The number of carbonyl (C=O) groups excluding carboxylic acids is 2. The first kappa shape index (κ1) is 21.5. The summed E-state index contributed by atoms with van der Waals surface area (Å²) >= 11 is 6.07. The number of nitrogens with zero attached hydrogens (tertiary/aromatic N) is 2. The van der Waals surface area contributed by atoms with Crippen LogP contribution in [-0.4, -0.2) is 74.2 Å². The van der Waals surface area contributed by atoms with Gasteiger partial charge in [0.05, 0.1) is 11.6 Å². The molecule has 2 N–H and O–H groups in total. The summed E-state index contributed by atoms with van der Waals surface area (Å²) in [6, 6.07) is 7.01. The standard InChI is InChI=1S/C19H29ClN4O3/c1-15(2)13-21-19(26)22-18(25)14-24-9-7-23(8-10-24)11-12-27-17-6-4-3-5-16(17)20/h3-6,15H,7-14H2,1-2H3,(H2,21,22,25,26). The summed E-state index contributed by atoms with van der Waals surface area (Å²) in [6.45, 7) is 9.45. The second kappa shape index (κ2) is 11.1. The van der Waals surface area contributed by atoms with Crippen molar-refractivity contribution in [2.24, 2.45) is 5.92 Å². The number of piperazine rings is 1. The number of hydrogen-bond acceptors (Lipinski definition) is 5. The van der Waals surface area contributed by atoms with Crippen LogP contribution in [0, 0.1) is 5.92 Å². The Bertz CT molecular complexity index is 619. The number of ether oxygens (including phenoxy) is 1. The second-order valence-corrected chi connectivity index (χ2v) is 7.46. The van der Waals surface area contributed by atoms with Crippen molar-refractivity contribution in [1.82, 2.24) is 20.4 Å². The average Bonchev–Trinajstić information content (AvgIpc) is 2.63. The Balaban J connectivity index is 1.60. The van der Waals surface area contributed by atoms with Crippen molar-refractivity contribution < 1.29 is 14.3 Å². The molecule has 0 spiro atoms. The number of benzene rings is 1. The molecule has 0 aliphatic carbocycles. The normalized spacial score (nSPS) is 15.6. The average molecular weight is 397 g/mol. The van der Waals surface area contributed by atoms with E-state index in [1.165, 1.54) is 0 Å². The van der Waals surface area contributed by atoms with Gasteiger partial charge >= 0.3 is 6.03 Å². The molecule has 150 valence electrons. The van der Waals surface area contributed by atoms with Gasteiger partial charge in [0.25, 0.3) is 0 Å². The van der Waals surface area contributed by atoms with Gasteiger partial charge in [0.1, 0.15) is 12.4 Å². The third kappa shape index (κ3) is 8.15. The maximum Gasteiger partial charge on any atom is 0.321 e. The molecule has 3 amide bonds.